The average Bonchev–Trinajstić information content (AvgIpc) is 3.42. The van der Waals surface area contributed by atoms with Gasteiger partial charge in [-0.2, -0.15) is 0 Å². The van der Waals surface area contributed by atoms with Crippen molar-refractivity contribution in [1.29, 1.82) is 0 Å². The first-order valence-electron chi connectivity index (χ1n) is 28.5. The highest BCUT2D eigenvalue weighted by atomic mass is 16.7. The normalized spacial score (nSPS) is 39.0. The Bertz CT molecular complexity index is 2210. The summed E-state index contributed by atoms with van der Waals surface area (Å²) in [6.45, 7) is 7.66. The first kappa shape index (κ1) is 69.0. The lowest BCUT2D eigenvalue weighted by molar-refractivity contribution is -0.309. The summed E-state index contributed by atoms with van der Waals surface area (Å²) >= 11 is 0. The zero-order valence-electron chi connectivity index (χ0n) is 47.8. The highest BCUT2D eigenvalue weighted by Gasteiger charge is 2.51. The minimum atomic E-state index is -2.35. The number of nitrogens with two attached hydrogens (primary N) is 1. The Morgan fingerprint density at radius 3 is 2.04 bits per heavy atom. The predicted octanol–water partition coefficient (Wildman–Crippen LogP) is 1.78. The standard InChI is InChI=1S/C60H94N4O17/c1-37-23-18-15-13-11-9-7-8-10-12-14-16-21-26-45(80-59-56(74)53(55(73)40(4)79-59)63-58(76)52(61)41-24-19-17-20-25-41)34-49-51(57(75)62-29-22-30-64(5)6)48(70)36-60(77,81-49)35-47(69)46(68)28-27-42(65)31-43(66)32-44(67)33-50(71)78-39(3)38(2)54(37)72/h7-8,10,12-21,23-26,37-40,42-49,51-56,59,65-70,72-74,77H,9,11,22,27-36,61H2,1-6H3,(H,62,75)(H,63,76)/b8-7+,12-10+,15-13+,16-14+,23-18+,26-21+/t37-,38-,39-,40+,42+,43+,44+,45-,46+,47+,48-,49-,51+,52+,53-,54+,55+,56-,59+,60+/m0/s1. The lowest BCUT2D eigenvalue weighted by atomic mass is 9.82. The Labute approximate surface area is 477 Å². The van der Waals surface area contributed by atoms with Crippen LogP contribution in [0.5, 0.6) is 0 Å². The number of cyclic esters (lactones) is 1. The number of amides is 2. The number of aliphatic hydroxyl groups excluding tert-OH is 9. The quantitative estimate of drug-likeness (QED) is 0.117. The number of hydrogen-bond donors (Lipinski definition) is 13. The van der Waals surface area contributed by atoms with Crippen LogP contribution >= 0.6 is 0 Å². The summed E-state index contributed by atoms with van der Waals surface area (Å²) in [5.74, 6) is -6.43. The molecule has 20 atom stereocenters. The van der Waals surface area contributed by atoms with Gasteiger partial charge in [0.1, 0.15) is 24.4 Å². The number of aliphatic hydroxyl groups is 10. The number of carbonyl (C=O) groups excluding carboxylic acids is 3. The monoisotopic (exact) mass is 1140 g/mol. The number of nitrogens with one attached hydrogen (secondary N) is 2. The van der Waals surface area contributed by atoms with Gasteiger partial charge in [0.25, 0.3) is 0 Å². The minimum absolute atomic E-state index is 0.142. The Kier molecular flexibility index (Phi) is 29.7. The molecule has 2 bridgehead atoms. The molecule has 4 rings (SSSR count). The molecule has 456 valence electrons. The average molecular weight is 1140 g/mol. The lowest BCUT2D eigenvalue weighted by Crippen LogP contribution is -2.64. The van der Waals surface area contributed by atoms with Crippen molar-refractivity contribution >= 4 is 17.8 Å². The molecule has 14 N–H and O–H groups in total. The predicted molar refractivity (Wildman–Crippen MR) is 303 cm³/mol. The summed E-state index contributed by atoms with van der Waals surface area (Å²) in [7, 11) is 3.76. The van der Waals surface area contributed by atoms with Gasteiger partial charge in [-0.25, -0.2) is 0 Å². The molecule has 0 radical (unpaired) electrons. The Balaban J connectivity index is 1.64. The van der Waals surface area contributed by atoms with E-state index in [0.29, 0.717) is 18.5 Å². The number of benzene rings is 1. The largest absolute Gasteiger partial charge is 0.462 e. The van der Waals surface area contributed by atoms with Gasteiger partial charge in [0.2, 0.25) is 11.8 Å². The van der Waals surface area contributed by atoms with E-state index in [1.807, 2.05) is 68.5 Å². The van der Waals surface area contributed by atoms with Crippen molar-refractivity contribution in [3.05, 3.63) is 109 Å². The number of ether oxygens (including phenoxy) is 4. The molecule has 0 spiro atoms. The molecule has 81 heavy (non-hydrogen) atoms. The molecular formula is C60H94N4O17. The topological polar surface area (TPSA) is 344 Å². The molecule has 3 heterocycles. The van der Waals surface area contributed by atoms with E-state index in [1.54, 1.807) is 74.6 Å². The van der Waals surface area contributed by atoms with Crippen LogP contribution in [0.2, 0.25) is 0 Å². The molecule has 2 fully saturated rings. The van der Waals surface area contributed by atoms with E-state index in [9.17, 15) is 65.4 Å². The van der Waals surface area contributed by atoms with Gasteiger partial charge < -0.3 is 91.3 Å². The van der Waals surface area contributed by atoms with Crippen LogP contribution in [0.25, 0.3) is 0 Å². The van der Waals surface area contributed by atoms with E-state index < -0.39 is 152 Å². The van der Waals surface area contributed by atoms with Crippen LogP contribution in [0.3, 0.4) is 0 Å². The van der Waals surface area contributed by atoms with Crippen molar-refractivity contribution in [2.24, 2.45) is 23.5 Å². The summed E-state index contributed by atoms with van der Waals surface area (Å²) in [6.07, 6.45) is 2.54. The van der Waals surface area contributed by atoms with E-state index in [0.717, 1.165) is 12.8 Å². The van der Waals surface area contributed by atoms with E-state index >= 15 is 0 Å². The first-order chi connectivity index (χ1) is 38.4. The molecular weight excluding hydrogens is 1050 g/mol. The molecule has 0 unspecified atom stereocenters. The third-order valence-electron chi connectivity index (χ3n) is 15.0. The highest BCUT2D eigenvalue weighted by Crippen LogP contribution is 2.38. The Morgan fingerprint density at radius 1 is 0.741 bits per heavy atom. The second kappa shape index (κ2) is 34.9. The van der Waals surface area contributed by atoms with Gasteiger partial charge in [-0.15, -0.1) is 0 Å². The fourth-order valence-corrected chi connectivity index (χ4v) is 10.1. The van der Waals surface area contributed by atoms with Crippen LogP contribution < -0.4 is 16.4 Å². The number of esters is 1. The fraction of sp³-hybridized carbons (Fsp3) is 0.650. The van der Waals surface area contributed by atoms with Crippen LogP contribution in [0.15, 0.2) is 103 Å². The maximum Gasteiger partial charge on any atom is 0.308 e. The zero-order valence-corrected chi connectivity index (χ0v) is 47.8. The van der Waals surface area contributed by atoms with Crippen molar-refractivity contribution < 1.29 is 84.4 Å². The molecule has 3 aliphatic rings. The molecule has 1 aromatic rings. The van der Waals surface area contributed by atoms with Crippen LogP contribution in [0.1, 0.15) is 110 Å². The van der Waals surface area contributed by atoms with Crippen LogP contribution in [-0.4, -0.2) is 198 Å². The van der Waals surface area contributed by atoms with E-state index in [2.05, 4.69) is 10.6 Å². The smallest absolute Gasteiger partial charge is 0.308 e. The van der Waals surface area contributed by atoms with Gasteiger partial charge in [0.05, 0.1) is 79.4 Å². The van der Waals surface area contributed by atoms with E-state index in [4.69, 9.17) is 24.7 Å². The molecule has 21 heteroatoms. The molecule has 2 amide bonds. The number of hydrogen-bond acceptors (Lipinski definition) is 19. The minimum Gasteiger partial charge on any atom is -0.462 e. The molecule has 3 aliphatic heterocycles. The number of fused-ring (bicyclic) bond motifs is 2. The van der Waals surface area contributed by atoms with Crippen LogP contribution in [0.4, 0.5) is 0 Å². The molecule has 0 aromatic heterocycles. The first-order valence-corrected chi connectivity index (χ1v) is 28.5. The number of nitrogens with zero attached hydrogens (tertiary/aromatic N) is 1. The highest BCUT2D eigenvalue weighted by molar-refractivity contribution is 5.83. The van der Waals surface area contributed by atoms with Gasteiger partial charge >= 0.3 is 5.97 Å². The number of rotatable bonds is 10. The molecule has 2 saturated heterocycles. The van der Waals surface area contributed by atoms with Crippen molar-refractivity contribution in [3.63, 3.8) is 0 Å². The second-order valence-corrected chi connectivity index (χ2v) is 22.3. The maximum absolute atomic E-state index is 14.1. The van der Waals surface area contributed by atoms with Crippen molar-refractivity contribution in [2.75, 3.05) is 27.2 Å². The summed E-state index contributed by atoms with van der Waals surface area (Å²) in [4.78, 5) is 42.2. The van der Waals surface area contributed by atoms with Crippen LogP contribution in [-0.2, 0) is 33.3 Å². The summed E-state index contributed by atoms with van der Waals surface area (Å²) in [6, 6.07) is 6.04. The second-order valence-electron chi connectivity index (χ2n) is 22.3. The number of carbonyl (C=O) groups is 3. The van der Waals surface area contributed by atoms with Crippen molar-refractivity contribution in [3.8, 4) is 0 Å². The molecule has 21 nitrogen and oxygen atoms in total. The third-order valence-corrected chi connectivity index (χ3v) is 15.0. The zero-order chi connectivity index (χ0) is 59.8. The van der Waals surface area contributed by atoms with Crippen LogP contribution in [0, 0.1) is 17.8 Å². The summed E-state index contributed by atoms with van der Waals surface area (Å²) in [5, 5.41) is 118. The van der Waals surface area contributed by atoms with Gasteiger partial charge in [0, 0.05) is 37.6 Å². The SMILES string of the molecule is C[C@@H]1[C@H](O)[C@@H](C)/C=C/C=C/CC/C=C/C=C/C=C/C=C/[C@H](O[C@H]2O[C@H](C)[C@@H](O)[C@H](NC(=O)[C@H](N)c3ccccc3)[C@@H]2O)C[C@@H]2O[C@](O)(C[C@@H](O)[C@H](O)CC[C@@H](O)C[C@@H](O)C[C@@H](O)CC(=O)O[C@H]1C)C[C@H](O)[C@H]2C(=O)NCCCN(C)C. The van der Waals surface area contributed by atoms with E-state index in [-0.39, 0.29) is 44.6 Å². The van der Waals surface area contributed by atoms with Gasteiger partial charge in [-0.05, 0) is 85.0 Å². The van der Waals surface area contributed by atoms with Crippen molar-refractivity contribution in [2.45, 2.75) is 202 Å². The fourth-order valence-electron chi connectivity index (χ4n) is 10.1. The Morgan fingerprint density at radius 2 is 1.36 bits per heavy atom. The summed E-state index contributed by atoms with van der Waals surface area (Å²) < 4.78 is 24.3. The Hall–Kier alpha value is -4.53. The van der Waals surface area contributed by atoms with Crippen molar-refractivity contribution in [1.82, 2.24) is 15.5 Å². The van der Waals surface area contributed by atoms with Gasteiger partial charge in [0.15, 0.2) is 12.1 Å². The maximum atomic E-state index is 14.1. The third kappa shape index (κ3) is 23.6. The van der Waals surface area contributed by atoms with Gasteiger partial charge in [-0.1, -0.05) is 117 Å². The van der Waals surface area contributed by atoms with Gasteiger partial charge in [-0.3, -0.25) is 14.4 Å². The molecule has 0 saturated carbocycles. The summed E-state index contributed by atoms with van der Waals surface area (Å²) in [5.41, 5.74) is 6.76. The molecule has 0 aliphatic carbocycles. The van der Waals surface area contributed by atoms with E-state index in [1.165, 1.54) is 6.92 Å². The lowest BCUT2D eigenvalue weighted by Gasteiger charge is -2.46. The number of allylic oxidation sites excluding steroid dienone is 10. The molecule has 1 aromatic carbocycles.